The van der Waals surface area contributed by atoms with E-state index in [-0.39, 0.29) is 12.5 Å². The number of nitrogens with one attached hydrogen (secondary N) is 1. The van der Waals surface area contributed by atoms with Crippen molar-refractivity contribution in [2.24, 2.45) is 7.05 Å². The summed E-state index contributed by atoms with van der Waals surface area (Å²) in [6, 6.07) is 3.48. The molecule has 3 aromatic heterocycles. The van der Waals surface area contributed by atoms with E-state index in [4.69, 9.17) is 5.73 Å². The molecule has 0 unspecified atom stereocenters. The third-order valence-electron chi connectivity index (χ3n) is 3.64. The van der Waals surface area contributed by atoms with Crippen molar-refractivity contribution < 1.29 is 4.79 Å². The van der Waals surface area contributed by atoms with Gasteiger partial charge >= 0.3 is 0 Å². The molecule has 1 amide bonds. The Bertz CT molecular complexity index is 941. The van der Waals surface area contributed by atoms with Crippen LogP contribution in [-0.4, -0.2) is 49.5 Å². The summed E-state index contributed by atoms with van der Waals surface area (Å²) >= 11 is 0. The molecule has 136 valence electrons. The van der Waals surface area contributed by atoms with Crippen LogP contribution in [-0.2, 0) is 18.4 Å². The van der Waals surface area contributed by atoms with Crippen molar-refractivity contribution in [1.82, 2.24) is 29.5 Å². The molecule has 0 bridgehead atoms. The largest absolute Gasteiger partial charge is 0.384 e. The number of nitrogens with two attached hydrogens (primary N) is 1. The first-order valence-corrected chi connectivity index (χ1v) is 7.97. The fourth-order valence-corrected chi connectivity index (χ4v) is 2.44. The number of aromatic nitrogens is 6. The predicted molar refractivity (Wildman–Crippen MR) is 98.6 cm³/mol. The van der Waals surface area contributed by atoms with Gasteiger partial charge in [-0.15, -0.1) is 0 Å². The number of hydrogen-bond donors (Lipinski definition) is 2. The molecule has 0 saturated heterocycles. The maximum Gasteiger partial charge on any atom is 0.247 e. The number of nitrogens with zero attached hydrogens (tertiary/aromatic N) is 7. The van der Waals surface area contributed by atoms with Gasteiger partial charge in [0.05, 0.1) is 17.6 Å². The van der Waals surface area contributed by atoms with Gasteiger partial charge in [-0.25, -0.2) is 4.98 Å². The molecule has 0 fully saturated rings. The summed E-state index contributed by atoms with van der Waals surface area (Å²) in [5.41, 5.74) is 8.09. The molecule has 10 heteroatoms. The number of nitrogen functional groups attached to an aromatic ring is 1. The van der Waals surface area contributed by atoms with Crippen LogP contribution in [0.15, 0.2) is 24.5 Å². The highest BCUT2D eigenvalue weighted by Gasteiger charge is 2.12. The number of carbonyl (C=O) groups excluding carboxylic acids is 1. The highest BCUT2D eigenvalue weighted by Crippen LogP contribution is 2.20. The van der Waals surface area contributed by atoms with Gasteiger partial charge in [0.1, 0.15) is 18.2 Å². The molecule has 3 rings (SSSR count). The van der Waals surface area contributed by atoms with Gasteiger partial charge in [-0.1, -0.05) is 0 Å². The summed E-state index contributed by atoms with van der Waals surface area (Å²) in [5, 5.41) is 11.2. The van der Waals surface area contributed by atoms with Crippen molar-refractivity contribution in [3.63, 3.8) is 0 Å². The maximum absolute atomic E-state index is 12.2. The monoisotopic (exact) mass is 355 g/mol. The lowest BCUT2D eigenvalue weighted by Gasteiger charge is -2.11. The van der Waals surface area contributed by atoms with Crippen molar-refractivity contribution in [2.45, 2.75) is 13.5 Å². The second-order valence-corrected chi connectivity index (χ2v) is 6.14. The molecule has 3 N–H and O–H groups in total. The Hall–Kier alpha value is -3.43. The molecule has 26 heavy (non-hydrogen) atoms. The third-order valence-corrected chi connectivity index (χ3v) is 3.64. The summed E-state index contributed by atoms with van der Waals surface area (Å²) in [4.78, 5) is 22.6. The summed E-state index contributed by atoms with van der Waals surface area (Å²) in [6.07, 6.45) is 3.39. The Morgan fingerprint density at radius 3 is 2.73 bits per heavy atom. The maximum atomic E-state index is 12.2. The number of aryl methyl sites for hydroxylation is 2. The van der Waals surface area contributed by atoms with Crippen LogP contribution in [0.2, 0.25) is 0 Å². The first-order chi connectivity index (χ1) is 12.3. The van der Waals surface area contributed by atoms with Gasteiger partial charge in [0.25, 0.3) is 0 Å². The number of rotatable bonds is 5. The van der Waals surface area contributed by atoms with Crippen LogP contribution in [0.5, 0.6) is 0 Å². The van der Waals surface area contributed by atoms with E-state index in [0.717, 1.165) is 11.3 Å². The molecule has 3 heterocycles. The van der Waals surface area contributed by atoms with Crippen LogP contribution in [0.4, 0.5) is 17.6 Å². The molecule has 3 aromatic rings. The molecule has 0 radical (unpaired) electrons. The van der Waals surface area contributed by atoms with Crippen LogP contribution in [0.1, 0.15) is 5.69 Å². The Balaban J connectivity index is 1.74. The normalized spacial score (nSPS) is 10.8. The van der Waals surface area contributed by atoms with E-state index in [1.54, 1.807) is 45.8 Å². The van der Waals surface area contributed by atoms with Gasteiger partial charge in [0.2, 0.25) is 11.9 Å². The fraction of sp³-hybridized carbons (Fsp3) is 0.312. The molecule has 10 nitrogen and oxygen atoms in total. The lowest BCUT2D eigenvalue weighted by Crippen LogP contribution is -2.20. The molecule has 0 saturated carbocycles. The Kier molecular flexibility index (Phi) is 4.57. The topological polar surface area (TPSA) is 120 Å². The summed E-state index contributed by atoms with van der Waals surface area (Å²) in [5.74, 6) is 1.32. The van der Waals surface area contributed by atoms with Gasteiger partial charge in [-0.05, 0) is 6.92 Å². The highest BCUT2D eigenvalue weighted by molar-refractivity contribution is 5.89. The lowest BCUT2D eigenvalue weighted by molar-refractivity contribution is -0.116. The molecule has 0 atom stereocenters. The van der Waals surface area contributed by atoms with Crippen molar-refractivity contribution in [1.29, 1.82) is 0 Å². The van der Waals surface area contributed by atoms with Gasteiger partial charge in [-0.3, -0.25) is 14.2 Å². The summed E-state index contributed by atoms with van der Waals surface area (Å²) in [7, 11) is 5.45. The third kappa shape index (κ3) is 3.79. The summed E-state index contributed by atoms with van der Waals surface area (Å²) in [6.45, 7) is 1.94. The molecule has 0 aromatic carbocycles. The van der Waals surface area contributed by atoms with Gasteiger partial charge in [0.15, 0.2) is 0 Å². The van der Waals surface area contributed by atoms with Gasteiger partial charge < -0.3 is 16.0 Å². The number of amides is 1. The van der Waals surface area contributed by atoms with E-state index < -0.39 is 0 Å². The fourth-order valence-electron chi connectivity index (χ4n) is 2.44. The second kappa shape index (κ2) is 6.82. The number of anilines is 3. The Labute approximate surface area is 150 Å². The minimum Gasteiger partial charge on any atom is -0.384 e. The van der Waals surface area contributed by atoms with Crippen molar-refractivity contribution in [3.05, 3.63) is 30.2 Å². The smallest absolute Gasteiger partial charge is 0.247 e. The van der Waals surface area contributed by atoms with E-state index in [1.165, 1.54) is 0 Å². The minimum atomic E-state index is -0.196. The molecule has 0 aliphatic rings. The zero-order chi connectivity index (χ0) is 18.8. The molecular formula is C16H21N9O. The van der Waals surface area contributed by atoms with E-state index >= 15 is 0 Å². The number of carbonyl (C=O) groups is 1. The molecule has 0 aliphatic heterocycles. The highest BCUT2D eigenvalue weighted by atomic mass is 16.2. The van der Waals surface area contributed by atoms with Crippen molar-refractivity contribution in [3.8, 4) is 11.3 Å². The number of hydrogen-bond acceptors (Lipinski definition) is 7. The molecule has 0 aliphatic carbocycles. The average Bonchev–Trinajstić information content (AvgIpc) is 3.13. The van der Waals surface area contributed by atoms with Crippen LogP contribution >= 0.6 is 0 Å². The van der Waals surface area contributed by atoms with E-state index in [9.17, 15) is 4.79 Å². The first kappa shape index (κ1) is 17.4. The standard InChI is InChI=1S/C16H21N9O/c1-10-5-14(24(4)22-10)21-15(26)9-25-8-11(7-18-25)12-6-13(17)20-16(19-12)23(2)3/h5-8H,9H2,1-4H3,(H,21,26)(H2,17,19,20). The van der Waals surface area contributed by atoms with E-state index in [2.05, 4.69) is 25.5 Å². The SMILES string of the molecule is Cc1cc(NC(=O)Cn2cc(-c3cc(N)nc(N(C)C)n3)cn2)n(C)n1. The van der Waals surface area contributed by atoms with Crippen LogP contribution in [0.25, 0.3) is 11.3 Å². The zero-order valence-electron chi connectivity index (χ0n) is 15.1. The van der Waals surface area contributed by atoms with E-state index in [1.807, 2.05) is 21.0 Å². The van der Waals surface area contributed by atoms with Crippen LogP contribution in [0, 0.1) is 6.92 Å². The van der Waals surface area contributed by atoms with Crippen LogP contribution in [0.3, 0.4) is 0 Å². The Morgan fingerprint density at radius 2 is 2.08 bits per heavy atom. The van der Waals surface area contributed by atoms with E-state index in [0.29, 0.717) is 23.3 Å². The van der Waals surface area contributed by atoms with Gasteiger partial charge in [-0.2, -0.15) is 15.2 Å². The zero-order valence-corrected chi connectivity index (χ0v) is 15.1. The average molecular weight is 355 g/mol. The quantitative estimate of drug-likeness (QED) is 0.690. The Morgan fingerprint density at radius 1 is 1.31 bits per heavy atom. The summed E-state index contributed by atoms with van der Waals surface area (Å²) < 4.78 is 3.16. The molecule has 0 spiro atoms. The van der Waals surface area contributed by atoms with Crippen molar-refractivity contribution >= 4 is 23.5 Å². The van der Waals surface area contributed by atoms with Crippen LogP contribution < -0.4 is 16.0 Å². The first-order valence-electron chi connectivity index (χ1n) is 7.97. The predicted octanol–water partition coefficient (Wildman–Crippen LogP) is 0.669. The van der Waals surface area contributed by atoms with Gasteiger partial charge in [0, 0.05) is 45.0 Å². The lowest BCUT2D eigenvalue weighted by atomic mass is 10.2. The molecular weight excluding hydrogens is 334 g/mol. The second-order valence-electron chi connectivity index (χ2n) is 6.14. The minimum absolute atomic E-state index is 0.0747. The van der Waals surface area contributed by atoms with Crippen molar-refractivity contribution in [2.75, 3.05) is 30.0 Å².